The number of rotatable bonds is 10. The summed E-state index contributed by atoms with van der Waals surface area (Å²) < 4.78 is 9.60. The highest BCUT2D eigenvalue weighted by Crippen LogP contribution is 2.13. The average molecular weight is 364 g/mol. The lowest BCUT2D eigenvalue weighted by Crippen LogP contribution is -2.33. The van der Waals surface area contributed by atoms with Crippen LogP contribution in [0.25, 0.3) is 0 Å². The summed E-state index contributed by atoms with van der Waals surface area (Å²) in [6, 6.07) is 6.20. The van der Waals surface area contributed by atoms with Gasteiger partial charge in [0, 0.05) is 24.6 Å². The highest BCUT2D eigenvalue weighted by molar-refractivity contribution is 5.94. The summed E-state index contributed by atoms with van der Waals surface area (Å²) in [5.41, 5.74) is 0.460. The molecule has 7 nitrogen and oxygen atoms in total. The van der Waals surface area contributed by atoms with Gasteiger partial charge in [-0.1, -0.05) is 13.8 Å². The van der Waals surface area contributed by atoms with Crippen LogP contribution in [0.2, 0.25) is 0 Å². The quantitative estimate of drug-likeness (QED) is 0.378. The highest BCUT2D eigenvalue weighted by Gasteiger charge is 2.13. The van der Waals surface area contributed by atoms with Gasteiger partial charge in [0.2, 0.25) is 5.91 Å². The van der Waals surface area contributed by atoms with E-state index < -0.39 is 6.16 Å². The molecule has 0 aromatic heterocycles. The summed E-state index contributed by atoms with van der Waals surface area (Å²) in [5.74, 6) is 0.210. The van der Waals surface area contributed by atoms with Crippen LogP contribution >= 0.6 is 0 Å². The van der Waals surface area contributed by atoms with Crippen molar-refractivity contribution in [2.45, 2.75) is 40.0 Å². The second kappa shape index (κ2) is 11.9. The van der Waals surface area contributed by atoms with E-state index in [9.17, 15) is 14.4 Å². The third kappa shape index (κ3) is 7.55. The van der Waals surface area contributed by atoms with Crippen molar-refractivity contribution in [3.05, 3.63) is 29.8 Å². The van der Waals surface area contributed by atoms with Gasteiger partial charge in [-0.05, 0) is 50.5 Å². The van der Waals surface area contributed by atoms with Crippen molar-refractivity contribution in [3.8, 4) is 5.75 Å². The van der Waals surface area contributed by atoms with Crippen LogP contribution in [-0.2, 0) is 9.53 Å². The largest absolute Gasteiger partial charge is 0.513 e. The number of carbonyl (C=O) groups is 3. The third-order valence-corrected chi connectivity index (χ3v) is 3.87. The van der Waals surface area contributed by atoms with Crippen LogP contribution in [0.3, 0.4) is 0 Å². The first-order valence-corrected chi connectivity index (χ1v) is 9.02. The van der Waals surface area contributed by atoms with Gasteiger partial charge in [-0.3, -0.25) is 9.59 Å². The van der Waals surface area contributed by atoms with Crippen LogP contribution in [0, 0.1) is 5.92 Å². The number of carbonyl (C=O) groups excluding carboxylic acids is 3. The van der Waals surface area contributed by atoms with E-state index in [1.807, 2.05) is 13.8 Å². The number of hydrogen-bond donors (Lipinski definition) is 2. The average Bonchev–Trinajstić information content (AvgIpc) is 2.63. The number of ether oxygens (including phenoxy) is 2. The van der Waals surface area contributed by atoms with Gasteiger partial charge in [0.15, 0.2) is 0 Å². The maximum absolute atomic E-state index is 12.0. The highest BCUT2D eigenvalue weighted by atomic mass is 16.7. The molecule has 26 heavy (non-hydrogen) atoms. The van der Waals surface area contributed by atoms with E-state index in [0.717, 1.165) is 12.8 Å². The van der Waals surface area contributed by atoms with Gasteiger partial charge < -0.3 is 20.1 Å². The molecule has 1 aromatic rings. The predicted molar refractivity (Wildman–Crippen MR) is 98.1 cm³/mol. The molecule has 0 bridgehead atoms. The van der Waals surface area contributed by atoms with Crippen molar-refractivity contribution in [2.24, 2.45) is 5.92 Å². The Kier molecular flexibility index (Phi) is 9.82. The van der Waals surface area contributed by atoms with Crippen molar-refractivity contribution in [1.29, 1.82) is 0 Å². The zero-order valence-electron chi connectivity index (χ0n) is 15.7. The normalized spacial score (nSPS) is 10.3. The predicted octanol–water partition coefficient (Wildman–Crippen LogP) is 2.89. The van der Waals surface area contributed by atoms with Crippen LogP contribution < -0.4 is 15.4 Å². The molecule has 0 aliphatic carbocycles. The standard InChI is InChI=1S/C19H28N2O5/c1-4-14(5-2)17(22)20-12-7-13-21-18(23)15-8-10-16(11-9-15)26-19(24)25-6-3/h8-11,14H,4-7,12-13H2,1-3H3,(H,20,22)(H,21,23). The molecular weight excluding hydrogens is 336 g/mol. The Bertz CT molecular complexity index is 582. The third-order valence-electron chi connectivity index (χ3n) is 3.87. The summed E-state index contributed by atoms with van der Waals surface area (Å²) in [4.78, 5) is 35.1. The zero-order valence-corrected chi connectivity index (χ0v) is 15.7. The molecule has 1 aromatic carbocycles. The summed E-state index contributed by atoms with van der Waals surface area (Å²) in [7, 11) is 0. The van der Waals surface area contributed by atoms with Crippen LogP contribution in [0.4, 0.5) is 4.79 Å². The van der Waals surface area contributed by atoms with E-state index in [2.05, 4.69) is 15.4 Å². The van der Waals surface area contributed by atoms with Crippen LogP contribution in [-0.4, -0.2) is 37.7 Å². The second-order valence-electron chi connectivity index (χ2n) is 5.72. The summed E-state index contributed by atoms with van der Waals surface area (Å²) in [6.45, 7) is 6.91. The molecule has 144 valence electrons. The second-order valence-corrected chi connectivity index (χ2v) is 5.72. The molecule has 0 saturated carbocycles. The van der Waals surface area contributed by atoms with Gasteiger partial charge in [0.25, 0.3) is 5.91 Å². The Morgan fingerprint density at radius 1 is 0.962 bits per heavy atom. The van der Waals surface area contributed by atoms with Crippen LogP contribution in [0.5, 0.6) is 5.75 Å². The van der Waals surface area contributed by atoms with Crippen molar-refractivity contribution < 1.29 is 23.9 Å². The number of nitrogens with one attached hydrogen (secondary N) is 2. The van der Waals surface area contributed by atoms with Gasteiger partial charge >= 0.3 is 6.16 Å². The van der Waals surface area contributed by atoms with Gasteiger partial charge in [-0.2, -0.15) is 0 Å². The number of benzene rings is 1. The molecule has 0 saturated heterocycles. The van der Waals surface area contributed by atoms with E-state index in [4.69, 9.17) is 4.74 Å². The van der Waals surface area contributed by atoms with E-state index in [1.54, 1.807) is 19.1 Å². The van der Waals surface area contributed by atoms with Crippen molar-refractivity contribution in [1.82, 2.24) is 10.6 Å². The zero-order chi connectivity index (χ0) is 19.4. The maximum Gasteiger partial charge on any atom is 0.513 e. The Balaban J connectivity index is 2.31. The Morgan fingerprint density at radius 3 is 2.15 bits per heavy atom. The lowest BCUT2D eigenvalue weighted by Gasteiger charge is -2.12. The van der Waals surface area contributed by atoms with Gasteiger partial charge in [0.1, 0.15) is 5.75 Å². The fraction of sp³-hybridized carbons (Fsp3) is 0.526. The molecule has 0 spiro atoms. The minimum absolute atomic E-state index is 0.0555. The fourth-order valence-corrected chi connectivity index (χ4v) is 2.33. The Labute approximate surface area is 154 Å². The first-order valence-electron chi connectivity index (χ1n) is 9.02. The molecule has 2 N–H and O–H groups in total. The lowest BCUT2D eigenvalue weighted by molar-refractivity contribution is -0.125. The minimum atomic E-state index is -0.778. The fourth-order valence-electron chi connectivity index (χ4n) is 2.33. The van der Waals surface area contributed by atoms with Crippen molar-refractivity contribution in [2.75, 3.05) is 19.7 Å². The van der Waals surface area contributed by atoms with Crippen molar-refractivity contribution in [3.63, 3.8) is 0 Å². The van der Waals surface area contributed by atoms with E-state index in [1.165, 1.54) is 12.1 Å². The molecule has 0 radical (unpaired) electrons. The van der Waals surface area contributed by atoms with Gasteiger partial charge in [-0.15, -0.1) is 0 Å². The molecule has 7 heteroatoms. The molecular formula is C19H28N2O5. The van der Waals surface area contributed by atoms with E-state index >= 15 is 0 Å². The van der Waals surface area contributed by atoms with Gasteiger partial charge in [-0.25, -0.2) is 4.79 Å². The topological polar surface area (TPSA) is 93.7 Å². The van der Waals surface area contributed by atoms with E-state index in [-0.39, 0.29) is 24.3 Å². The van der Waals surface area contributed by atoms with Crippen molar-refractivity contribution >= 4 is 18.0 Å². The molecule has 0 heterocycles. The Morgan fingerprint density at radius 2 is 1.58 bits per heavy atom. The first kappa shape index (κ1) is 21.5. The number of hydrogen-bond acceptors (Lipinski definition) is 5. The summed E-state index contributed by atoms with van der Waals surface area (Å²) in [5, 5.41) is 5.67. The van der Waals surface area contributed by atoms with Crippen LogP contribution in [0.1, 0.15) is 50.4 Å². The monoisotopic (exact) mass is 364 g/mol. The summed E-state index contributed by atoms with van der Waals surface area (Å²) >= 11 is 0. The SMILES string of the molecule is CCOC(=O)Oc1ccc(C(=O)NCCCNC(=O)C(CC)CC)cc1. The molecule has 2 amide bonds. The number of amides is 2. The lowest BCUT2D eigenvalue weighted by atomic mass is 10.0. The summed E-state index contributed by atoms with van der Waals surface area (Å²) in [6.07, 6.45) is 1.53. The van der Waals surface area contributed by atoms with Crippen LogP contribution in [0.15, 0.2) is 24.3 Å². The Hall–Kier alpha value is -2.57. The molecule has 1 rings (SSSR count). The smallest absolute Gasteiger partial charge is 0.434 e. The minimum Gasteiger partial charge on any atom is -0.434 e. The molecule has 0 unspecified atom stereocenters. The molecule has 0 aliphatic rings. The van der Waals surface area contributed by atoms with Gasteiger partial charge in [0.05, 0.1) is 6.61 Å². The van der Waals surface area contributed by atoms with E-state index in [0.29, 0.717) is 30.8 Å². The molecule has 0 atom stereocenters. The first-order chi connectivity index (χ1) is 12.5. The molecule has 0 fully saturated rings. The maximum atomic E-state index is 12.0. The molecule has 0 aliphatic heterocycles.